The first-order valence-electron chi connectivity index (χ1n) is 15.3. The van der Waals surface area contributed by atoms with E-state index in [-0.39, 0.29) is 5.41 Å². The van der Waals surface area contributed by atoms with Gasteiger partial charge >= 0.3 is 0 Å². The lowest BCUT2D eigenvalue weighted by molar-refractivity contribution is -0.130. The highest BCUT2D eigenvalue weighted by molar-refractivity contribution is 5.38. The van der Waals surface area contributed by atoms with Crippen LogP contribution < -0.4 is 0 Å². The molecule has 0 aliphatic heterocycles. The third kappa shape index (κ3) is 4.42. The second-order valence-corrected chi connectivity index (χ2v) is 15.3. The van der Waals surface area contributed by atoms with Crippen LogP contribution in [0.15, 0.2) is 22.8 Å². The van der Waals surface area contributed by atoms with Crippen LogP contribution in [-0.2, 0) is 4.74 Å². The fourth-order valence-electron chi connectivity index (χ4n) is 10.1. The van der Waals surface area contributed by atoms with Gasteiger partial charge in [-0.2, -0.15) is 0 Å². The Kier molecular flexibility index (Phi) is 7.56. The summed E-state index contributed by atoms with van der Waals surface area (Å²) < 4.78 is 6.56. The lowest BCUT2D eigenvalue weighted by Crippen LogP contribution is -2.55. The number of fused-ring (bicyclic) bond motifs is 4. The maximum absolute atomic E-state index is 6.56. The molecule has 2 fully saturated rings. The number of hydrogen-bond donors (Lipinski definition) is 0. The SMILES string of the molecule is CC(C)=CCC[C@@H](C)[C@H]1CC[C@@]2(C)C3=C(CC[C@@]12C)[C@@]1(C)CCC(OCC(C)C)C(C)(C)C1CC3. The van der Waals surface area contributed by atoms with E-state index in [0.29, 0.717) is 28.3 Å². The third-order valence-electron chi connectivity index (χ3n) is 12.2. The molecule has 200 valence electrons. The average molecular weight is 483 g/mol. The van der Waals surface area contributed by atoms with Crippen molar-refractivity contribution >= 4 is 0 Å². The van der Waals surface area contributed by atoms with Gasteiger partial charge < -0.3 is 4.74 Å². The van der Waals surface area contributed by atoms with Gasteiger partial charge in [0.2, 0.25) is 0 Å². The molecule has 4 rings (SSSR count). The largest absolute Gasteiger partial charge is 0.377 e. The van der Waals surface area contributed by atoms with Crippen molar-refractivity contribution in [3.63, 3.8) is 0 Å². The number of rotatable bonds is 7. The summed E-state index contributed by atoms with van der Waals surface area (Å²) in [5.41, 5.74) is 6.87. The standard InChI is InChI=1S/C34H58O/c1-23(2)12-11-13-25(5)26-16-20-34(10)28-14-15-29-31(6,7)30(35-22-24(3)4)18-19-32(29,8)27(28)17-21-33(26,34)9/h12,24-26,29-30H,11,13-22H2,1-10H3/t25-,26-,29?,30?,32-,33+,34+/m1/s1. The van der Waals surface area contributed by atoms with Gasteiger partial charge in [-0.1, -0.05) is 78.2 Å². The first-order chi connectivity index (χ1) is 16.3. The highest BCUT2D eigenvalue weighted by Gasteiger charge is 2.63. The molecule has 0 N–H and O–H groups in total. The van der Waals surface area contributed by atoms with Gasteiger partial charge in [0.15, 0.2) is 0 Å². The monoisotopic (exact) mass is 482 g/mol. The highest BCUT2D eigenvalue weighted by Crippen LogP contribution is 2.72. The molecular formula is C34H58O. The number of ether oxygens (including phenoxy) is 1. The Morgan fingerprint density at radius 1 is 0.914 bits per heavy atom. The molecule has 4 aliphatic rings. The summed E-state index contributed by atoms with van der Waals surface area (Å²) in [6.07, 6.45) is 16.4. The van der Waals surface area contributed by atoms with E-state index in [1.807, 2.05) is 11.1 Å². The number of allylic oxidation sites excluding steroid dienone is 4. The van der Waals surface area contributed by atoms with Crippen molar-refractivity contribution in [2.45, 2.75) is 140 Å². The van der Waals surface area contributed by atoms with Crippen LogP contribution in [0.1, 0.15) is 133 Å². The summed E-state index contributed by atoms with van der Waals surface area (Å²) in [5, 5.41) is 0. The fourth-order valence-corrected chi connectivity index (χ4v) is 10.1. The molecule has 0 saturated heterocycles. The predicted molar refractivity (Wildman–Crippen MR) is 151 cm³/mol. The lowest BCUT2D eigenvalue weighted by Gasteiger charge is -2.62. The summed E-state index contributed by atoms with van der Waals surface area (Å²) >= 11 is 0. The maximum Gasteiger partial charge on any atom is 0.0629 e. The Bertz CT molecular complexity index is 841. The topological polar surface area (TPSA) is 9.23 Å². The summed E-state index contributed by atoms with van der Waals surface area (Å²) in [4.78, 5) is 0. The molecule has 0 bridgehead atoms. The minimum atomic E-state index is 0.264. The zero-order chi connectivity index (χ0) is 25.8. The molecule has 1 heteroatoms. The van der Waals surface area contributed by atoms with Crippen LogP contribution in [-0.4, -0.2) is 12.7 Å². The van der Waals surface area contributed by atoms with Crippen LogP contribution in [0, 0.1) is 45.3 Å². The van der Waals surface area contributed by atoms with Gasteiger partial charge in [-0.05, 0) is 123 Å². The van der Waals surface area contributed by atoms with Gasteiger partial charge in [0, 0.05) is 6.61 Å². The van der Waals surface area contributed by atoms with E-state index in [2.05, 4.69) is 75.3 Å². The summed E-state index contributed by atoms with van der Waals surface area (Å²) in [7, 11) is 0. The quantitative estimate of drug-likeness (QED) is 0.328. The van der Waals surface area contributed by atoms with Gasteiger partial charge in [-0.15, -0.1) is 0 Å². The van der Waals surface area contributed by atoms with Crippen LogP contribution in [0.2, 0.25) is 0 Å². The van der Waals surface area contributed by atoms with E-state index in [4.69, 9.17) is 4.74 Å². The van der Waals surface area contributed by atoms with Crippen molar-refractivity contribution in [3.05, 3.63) is 22.8 Å². The van der Waals surface area contributed by atoms with Crippen molar-refractivity contribution in [2.24, 2.45) is 45.3 Å². The predicted octanol–water partition coefficient (Wildman–Crippen LogP) is 10.2. The summed E-state index contributed by atoms with van der Waals surface area (Å²) in [5.74, 6) is 3.09. The Morgan fingerprint density at radius 2 is 1.63 bits per heavy atom. The first kappa shape index (κ1) is 27.5. The molecule has 0 aromatic heterocycles. The zero-order valence-electron chi connectivity index (χ0n) is 25.2. The molecule has 0 radical (unpaired) electrons. The Hall–Kier alpha value is -0.560. The zero-order valence-corrected chi connectivity index (χ0v) is 25.2. The van der Waals surface area contributed by atoms with E-state index in [0.717, 1.165) is 24.4 Å². The van der Waals surface area contributed by atoms with Crippen LogP contribution in [0.3, 0.4) is 0 Å². The Labute approximate surface area is 218 Å². The molecule has 0 aromatic rings. The molecule has 0 spiro atoms. The second kappa shape index (κ2) is 9.63. The lowest BCUT2D eigenvalue weighted by atomic mass is 9.43. The fraction of sp³-hybridized carbons (Fsp3) is 0.882. The summed E-state index contributed by atoms with van der Waals surface area (Å²) in [6, 6.07) is 0. The average Bonchev–Trinajstić information content (AvgIpc) is 3.04. The number of hydrogen-bond acceptors (Lipinski definition) is 1. The van der Waals surface area contributed by atoms with Crippen LogP contribution in [0.25, 0.3) is 0 Å². The van der Waals surface area contributed by atoms with Gasteiger partial charge in [0.05, 0.1) is 6.10 Å². The van der Waals surface area contributed by atoms with Crippen molar-refractivity contribution in [2.75, 3.05) is 6.61 Å². The highest BCUT2D eigenvalue weighted by atomic mass is 16.5. The molecule has 1 nitrogen and oxygen atoms in total. The van der Waals surface area contributed by atoms with Crippen LogP contribution in [0.5, 0.6) is 0 Å². The first-order valence-corrected chi connectivity index (χ1v) is 15.3. The van der Waals surface area contributed by atoms with E-state index >= 15 is 0 Å². The second-order valence-electron chi connectivity index (χ2n) is 15.3. The van der Waals surface area contributed by atoms with Crippen LogP contribution >= 0.6 is 0 Å². The van der Waals surface area contributed by atoms with E-state index in [9.17, 15) is 0 Å². The molecule has 2 saturated carbocycles. The van der Waals surface area contributed by atoms with Crippen molar-refractivity contribution in [1.29, 1.82) is 0 Å². The summed E-state index contributed by atoms with van der Waals surface area (Å²) in [6.45, 7) is 25.7. The smallest absolute Gasteiger partial charge is 0.0629 e. The van der Waals surface area contributed by atoms with Crippen molar-refractivity contribution in [3.8, 4) is 0 Å². The van der Waals surface area contributed by atoms with E-state index < -0.39 is 0 Å². The molecule has 0 heterocycles. The molecule has 0 aromatic carbocycles. The molecule has 35 heavy (non-hydrogen) atoms. The van der Waals surface area contributed by atoms with Gasteiger partial charge in [0.1, 0.15) is 0 Å². The maximum atomic E-state index is 6.56. The Morgan fingerprint density at radius 3 is 2.29 bits per heavy atom. The van der Waals surface area contributed by atoms with E-state index in [1.165, 1.54) is 69.8 Å². The van der Waals surface area contributed by atoms with Crippen molar-refractivity contribution < 1.29 is 4.74 Å². The minimum absolute atomic E-state index is 0.264. The molecule has 0 amide bonds. The molecular weight excluding hydrogens is 424 g/mol. The van der Waals surface area contributed by atoms with Gasteiger partial charge in [-0.3, -0.25) is 0 Å². The van der Waals surface area contributed by atoms with Crippen molar-refractivity contribution in [1.82, 2.24) is 0 Å². The third-order valence-corrected chi connectivity index (χ3v) is 12.2. The van der Waals surface area contributed by atoms with Gasteiger partial charge in [-0.25, -0.2) is 0 Å². The normalized spacial score (nSPS) is 41.3. The minimum Gasteiger partial charge on any atom is -0.377 e. The van der Waals surface area contributed by atoms with Crippen LogP contribution in [0.4, 0.5) is 0 Å². The molecule has 4 aliphatic carbocycles. The molecule has 7 atom stereocenters. The Balaban J connectivity index is 1.60. The van der Waals surface area contributed by atoms with Gasteiger partial charge in [0.25, 0.3) is 0 Å². The molecule has 2 unspecified atom stereocenters. The van der Waals surface area contributed by atoms with E-state index in [1.54, 1.807) is 0 Å².